The summed E-state index contributed by atoms with van der Waals surface area (Å²) in [5.74, 6) is 0. The lowest BCUT2D eigenvalue weighted by Gasteiger charge is -2.36. The van der Waals surface area contributed by atoms with Gasteiger partial charge in [0.15, 0.2) is 8.32 Å². The van der Waals surface area contributed by atoms with Gasteiger partial charge in [-0.15, -0.1) is 0 Å². The lowest BCUT2D eigenvalue weighted by Crippen LogP contribution is -2.41. The predicted molar refractivity (Wildman–Crippen MR) is 112 cm³/mol. The van der Waals surface area contributed by atoms with Crippen molar-refractivity contribution < 1.29 is 13.7 Å². The summed E-state index contributed by atoms with van der Waals surface area (Å²) >= 11 is 3.62. The van der Waals surface area contributed by atoms with Crippen LogP contribution in [0.4, 0.5) is 0 Å². The van der Waals surface area contributed by atoms with E-state index in [0.29, 0.717) is 6.61 Å². The molecule has 0 unspecified atom stereocenters. The Labute approximate surface area is 163 Å². The highest BCUT2D eigenvalue weighted by Crippen LogP contribution is 2.38. The second-order valence-electron chi connectivity index (χ2n) is 9.53. The lowest BCUT2D eigenvalue weighted by molar-refractivity contribution is 0.00578. The van der Waals surface area contributed by atoms with Gasteiger partial charge in [-0.3, -0.25) is 0 Å². The van der Waals surface area contributed by atoms with E-state index in [-0.39, 0.29) is 23.4 Å². The molecule has 0 atom stereocenters. The molecule has 0 spiro atoms. The van der Waals surface area contributed by atoms with Crippen LogP contribution in [0.15, 0.2) is 22.7 Å². The molecule has 3 nitrogen and oxygen atoms in total. The van der Waals surface area contributed by atoms with Gasteiger partial charge in [0, 0.05) is 4.47 Å². The molecule has 0 saturated carbocycles. The van der Waals surface area contributed by atoms with Crippen molar-refractivity contribution in [2.24, 2.45) is 0 Å². The Morgan fingerprint density at radius 2 is 1.56 bits per heavy atom. The van der Waals surface area contributed by atoms with E-state index in [1.54, 1.807) is 0 Å². The molecule has 0 amide bonds. The summed E-state index contributed by atoms with van der Waals surface area (Å²) in [6.07, 6.45) is 0. The average molecular weight is 427 g/mol. The molecule has 0 bridgehead atoms. The van der Waals surface area contributed by atoms with Crippen molar-refractivity contribution in [2.75, 3.05) is 0 Å². The fourth-order valence-electron chi connectivity index (χ4n) is 2.35. The van der Waals surface area contributed by atoms with Crippen molar-refractivity contribution in [3.05, 3.63) is 28.2 Å². The Balaban J connectivity index is 2.19. The summed E-state index contributed by atoms with van der Waals surface area (Å²) in [7, 11) is -2.13. The molecule has 25 heavy (non-hydrogen) atoms. The number of hydrogen-bond acceptors (Lipinski definition) is 3. The maximum Gasteiger partial charge on any atom is 0.494 e. The first-order chi connectivity index (χ1) is 11.1. The molecule has 140 valence electrons. The predicted octanol–water partition coefficient (Wildman–Crippen LogP) is 5.27. The topological polar surface area (TPSA) is 27.7 Å². The summed E-state index contributed by atoms with van der Waals surface area (Å²) in [6.45, 7) is 20.3. The molecule has 0 radical (unpaired) electrons. The molecule has 0 N–H and O–H groups in total. The third kappa shape index (κ3) is 4.59. The quantitative estimate of drug-likeness (QED) is 0.613. The minimum atomic E-state index is -1.78. The molecule has 1 aromatic rings. The van der Waals surface area contributed by atoms with Gasteiger partial charge in [-0.1, -0.05) is 42.8 Å². The summed E-state index contributed by atoms with van der Waals surface area (Å²) < 4.78 is 19.8. The van der Waals surface area contributed by atoms with Gasteiger partial charge in [0.25, 0.3) is 0 Å². The van der Waals surface area contributed by atoms with Crippen LogP contribution in [-0.4, -0.2) is 26.6 Å². The van der Waals surface area contributed by atoms with Crippen molar-refractivity contribution >= 4 is 36.8 Å². The van der Waals surface area contributed by atoms with E-state index in [2.05, 4.69) is 95.7 Å². The Morgan fingerprint density at radius 1 is 1.04 bits per heavy atom. The van der Waals surface area contributed by atoms with Gasteiger partial charge in [0.1, 0.15) is 0 Å². The molecule has 0 aliphatic carbocycles. The Morgan fingerprint density at radius 3 is 2.04 bits per heavy atom. The third-order valence-corrected chi connectivity index (χ3v) is 10.8. The maximum absolute atomic E-state index is 6.37. The number of hydrogen-bond donors (Lipinski definition) is 0. The van der Waals surface area contributed by atoms with Crippen molar-refractivity contribution in [3.8, 4) is 0 Å². The first-order valence-electron chi connectivity index (χ1n) is 8.94. The van der Waals surface area contributed by atoms with E-state index in [1.807, 2.05) is 0 Å². The summed E-state index contributed by atoms with van der Waals surface area (Å²) in [4.78, 5) is 0. The van der Waals surface area contributed by atoms with Crippen LogP contribution in [0, 0.1) is 0 Å². The molecule has 1 heterocycles. The highest BCUT2D eigenvalue weighted by molar-refractivity contribution is 9.10. The molecule has 2 rings (SSSR count). The smallest absolute Gasteiger partial charge is 0.413 e. The van der Waals surface area contributed by atoms with Crippen LogP contribution in [-0.2, 0) is 20.3 Å². The summed E-state index contributed by atoms with van der Waals surface area (Å²) in [5, 5.41) is 0.202. The standard InChI is InChI=1S/C19H32BBrO3Si/c1-17(2,3)25(8,9)22-13-14-10-15(12-16(21)11-14)20-23-18(4,5)19(6,7)24-20/h10-12H,13H2,1-9H3. The monoisotopic (exact) mass is 426 g/mol. The van der Waals surface area contributed by atoms with E-state index in [1.165, 1.54) is 0 Å². The number of benzene rings is 1. The van der Waals surface area contributed by atoms with Gasteiger partial charge in [0.05, 0.1) is 17.8 Å². The van der Waals surface area contributed by atoms with Crippen molar-refractivity contribution in [1.82, 2.24) is 0 Å². The molecule has 1 fully saturated rings. The minimum Gasteiger partial charge on any atom is -0.413 e. The molecule has 1 aliphatic heterocycles. The van der Waals surface area contributed by atoms with Crippen LogP contribution in [0.2, 0.25) is 18.1 Å². The first kappa shape index (κ1) is 21.2. The van der Waals surface area contributed by atoms with Gasteiger partial charge < -0.3 is 13.7 Å². The van der Waals surface area contributed by atoms with Crippen molar-refractivity contribution in [3.63, 3.8) is 0 Å². The normalized spacial score (nSPS) is 20.2. The summed E-state index contributed by atoms with van der Waals surface area (Å²) in [6, 6.07) is 6.32. The van der Waals surface area contributed by atoms with Crippen LogP contribution in [0.25, 0.3) is 0 Å². The fourth-order valence-corrected chi connectivity index (χ4v) is 3.87. The molecule has 6 heteroatoms. The van der Waals surface area contributed by atoms with Gasteiger partial charge in [-0.05, 0) is 69.0 Å². The Hall–Kier alpha value is -0.138. The highest BCUT2D eigenvalue weighted by atomic mass is 79.9. The number of rotatable bonds is 4. The molecule has 1 saturated heterocycles. The second kappa shape index (κ2) is 6.79. The fraction of sp³-hybridized carbons (Fsp3) is 0.684. The molecule has 1 aliphatic rings. The average Bonchev–Trinajstić information content (AvgIpc) is 2.63. The SMILES string of the molecule is CC1(C)OB(c2cc(Br)cc(CO[Si](C)(C)C(C)(C)C)c2)OC1(C)C. The molecule has 0 aromatic heterocycles. The largest absolute Gasteiger partial charge is 0.494 e. The third-order valence-electron chi connectivity index (χ3n) is 5.91. The first-order valence-corrected chi connectivity index (χ1v) is 12.6. The van der Waals surface area contributed by atoms with Gasteiger partial charge in [0.2, 0.25) is 0 Å². The van der Waals surface area contributed by atoms with E-state index >= 15 is 0 Å². The zero-order chi connectivity index (χ0) is 19.3. The van der Waals surface area contributed by atoms with Crippen LogP contribution in [0.5, 0.6) is 0 Å². The van der Waals surface area contributed by atoms with Gasteiger partial charge in [-0.25, -0.2) is 0 Å². The van der Waals surface area contributed by atoms with Crippen LogP contribution in [0.1, 0.15) is 54.0 Å². The summed E-state index contributed by atoms with van der Waals surface area (Å²) in [5.41, 5.74) is 1.50. The number of halogens is 1. The Kier molecular flexibility index (Phi) is 5.75. The van der Waals surface area contributed by atoms with Gasteiger partial charge >= 0.3 is 7.12 Å². The van der Waals surface area contributed by atoms with Crippen LogP contribution >= 0.6 is 15.9 Å². The lowest BCUT2D eigenvalue weighted by atomic mass is 9.78. The van der Waals surface area contributed by atoms with E-state index < -0.39 is 8.32 Å². The van der Waals surface area contributed by atoms with Crippen LogP contribution < -0.4 is 5.46 Å². The van der Waals surface area contributed by atoms with Crippen molar-refractivity contribution in [1.29, 1.82) is 0 Å². The zero-order valence-electron chi connectivity index (χ0n) is 17.1. The zero-order valence-corrected chi connectivity index (χ0v) is 19.7. The van der Waals surface area contributed by atoms with E-state index in [4.69, 9.17) is 13.7 Å². The molecular weight excluding hydrogens is 395 g/mol. The Bertz CT molecular complexity index is 622. The van der Waals surface area contributed by atoms with E-state index in [9.17, 15) is 0 Å². The van der Waals surface area contributed by atoms with Crippen molar-refractivity contribution in [2.45, 2.75) is 84.4 Å². The maximum atomic E-state index is 6.37. The van der Waals surface area contributed by atoms with E-state index in [0.717, 1.165) is 15.5 Å². The van der Waals surface area contributed by atoms with Gasteiger partial charge in [-0.2, -0.15) is 0 Å². The molecule has 1 aromatic carbocycles. The van der Waals surface area contributed by atoms with Crippen LogP contribution in [0.3, 0.4) is 0 Å². The minimum absolute atomic E-state index is 0.202. The molecular formula is C19H32BBrO3Si. The highest BCUT2D eigenvalue weighted by Gasteiger charge is 2.51. The second-order valence-corrected chi connectivity index (χ2v) is 15.3.